The molecule has 0 bridgehead atoms. The highest BCUT2D eigenvalue weighted by atomic mass is 16.5. The molecule has 4 heteroatoms. The van der Waals surface area contributed by atoms with Gasteiger partial charge < -0.3 is 19.7 Å². The predicted molar refractivity (Wildman–Crippen MR) is 138 cm³/mol. The summed E-state index contributed by atoms with van der Waals surface area (Å²) in [6.07, 6.45) is 3.46. The molecule has 0 amide bonds. The quantitative estimate of drug-likeness (QED) is 0.218. The zero-order valence-electron chi connectivity index (χ0n) is 18.9. The van der Waals surface area contributed by atoms with Crippen molar-refractivity contribution in [2.24, 2.45) is 0 Å². The second kappa shape index (κ2) is 12.6. The minimum Gasteiger partial charge on any atom is -0.504 e. The standard InChI is InChI=1S/C18H18O2.C12H10O2/c1-3-13-19-17-9-5-15(6-10-17)16-7-11-18(12-8-16)20-14-4-2;13-11-8-4-7-10(12(11)14)9-5-2-1-3-6-9/h3-12H,1-2,13-14H2;1-8,13-14H. The molecule has 0 radical (unpaired) electrons. The molecule has 0 saturated heterocycles. The van der Waals surface area contributed by atoms with Gasteiger partial charge in [-0.1, -0.05) is 92.0 Å². The number of rotatable bonds is 8. The van der Waals surface area contributed by atoms with E-state index in [0.29, 0.717) is 18.8 Å². The van der Waals surface area contributed by atoms with Gasteiger partial charge in [-0.2, -0.15) is 0 Å². The number of hydrogen-bond acceptors (Lipinski definition) is 4. The van der Waals surface area contributed by atoms with Crippen molar-refractivity contribution in [1.82, 2.24) is 0 Å². The van der Waals surface area contributed by atoms with Crippen molar-refractivity contribution in [1.29, 1.82) is 0 Å². The van der Waals surface area contributed by atoms with Crippen LogP contribution in [0.1, 0.15) is 0 Å². The van der Waals surface area contributed by atoms with Gasteiger partial charge in [0.05, 0.1) is 0 Å². The van der Waals surface area contributed by atoms with Gasteiger partial charge in [0, 0.05) is 5.56 Å². The number of para-hydroxylation sites is 1. The molecule has 4 rings (SSSR count). The van der Waals surface area contributed by atoms with Gasteiger partial charge in [-0.05, 0) is 47.0 Å². The van der Waals surface area contributed by atoms with Crippen molar-refractivity contribution in [2.45, 2.75) is 0 Å². The third kappa shape index (κ3) is 6.78. The topological polar surface area (TPSA) is 58.9 Å². The lowest BCUT2D eigenvalue weighted by Crippen LogP contribution is -1.93. The molecule has 4 aromatic rings. The molecule has 2 N–H and O–H groups in total. The molecule has 4 nitrogen and oxygen atoms in total. The Kier molecular flexibility index (Phi) is 8.94. The first-order valence-electron chi connectivity index (χ1n) is 10.9. The molecule has 172 valence electrons. The summed E-state index contributed by atoms with van der Waals surface area (Å²) in [5.41, 5.74) is 3.82. The van der Waals surface area contributed by atoms with Crippen molar-refractivity contribution in [3.8, 4) is 45.3 Å². The smallest absolute Gasteiger partial charge is 0.165 e. The Morgan fingerprint density at radius 3 is 1.53 bits per heavy atom. The molecule has 0 aliphatic heterocycles. The molecule has 0 aromatic heterocycles. The van der Waals surface area contributed by atoms with Crippen LogP contribution in [0.2, 0.25) is 0 Å². The van der Waals surface area contributed by atoms with Crippen molar-refractivity contribution in [3.63, 3.8) is 0 Å². The zero-order chi connectivity index (χ0) is 24.2. The van der Waals surface area contributed by atoms with E-state index < -0.39 is 0 Å². The van der Waals surface area contributed by atoms with E-state index in [1.54, 1.807) is 24.3 Å². The summed E-state index contributed by atoms with van der Waals surface area (Å²) >= 11 is 0. The van der Waals surface area contributed by atoms with Crippen LogP contribution >= 0.6 is 0 Å². The van der Waals surface area contributed by atoms with Crippen molar-refractivity contribution < 1.29 is 19.7 Å². The largest absolute Gasteiger partial charge is 0.504 e. The number of hydrogen-bond donors (Lipinski definition) is 2. The molecule has 0 unspecified atom stereocenters. The van der Waals surface area contributed by atoms with E-state index in [1.807, 2.05) is 78.9 Å². The van der Waals surface area contributed by atoms with Crippen molar-refractivity contribution in [2.75, 3.05) is 13.2 Å². The third-order valence-corrected chi connectivity index (χ3v) is 4.88. The molecule has 0 atom stereocenters. The maximum atomic E-state index is 9.60. The highest BCUT2D eigenvalue weighted by molar-refractivity contribution is 5.72. The Balaban J connectivity index is 0.000000202. The van der Waals surface area contributed by atoms with Gasteiger partial charge in [0.1, 0.15) is 24.7 Å². The van der Waals surface area contributed by atoms with Crippen LogP contribution < -0.4 is 9.47 Å². The van der Waals surface area contributed by atoms with Crippen molar-refractivity contribution in [3.05, 3.63) is 122 Å². The van der Waals surface area contributed by atoms with Crippen LogP contribution in [0.15, 0.2) is 122 Å². The Bertz CT molecular complexity index is 1130. The van der Waals surface area contributed by atoms with Gasteiger partial charge in [-0.15, -0.1) is 0 Å². The Morgan fingerprint density at radius 1 is 0.559 bits per heavy atom. The van der Waals surface area contributed by atoms with Crippen LogP contribution in [0.3, 0.4) is 0 Å². The van der Waals surface area contributed by atoms with Gasteiger partial charge in [0.25, 0.3) is 0 Å². The average molecular weight is 453 g/mol. The SMILES string of the molecule is C=CCOc1ccc(-c2ccc(OCC=C)cc2)cc1.Oc1cccc(-c2ccccc2)c1O. The van der Waals surface area contributed by atoms with Crippen LogP contribution in [0.5, 0.6) is 23.0 Å². The molecule has 0 spiro atoms. The van der Waals surface area contributed by atoms with Crippen LogP contribution in [-0.4, -0.2) is 23.4 Å². The number of phenols is 2. The lowest BCUT2D eigenvalue weighted by molar-refractivity contribution is 0.363. The second-order valence-corrected chi connectivity index (χ2v) is 7.29. The molecule has 0 aliphatic rings. The number of benzene rings is 4. The molecule has 0 heterocycles. The van der Waals surface area contributed by atoms with Gasteiger partial charge in [0.15, 0.2) is 11.5 Å². The van der Waals surface area contributed by atoms with Gasteiger partial charge in [0.2, 0.25) is 0 Å². The third-order valence-electron chi connectivity index (χ3n) is 4.88. The number of ether oxygens (including phenoxy) is 2. The monoisotopic (exact) mass is 452 g/mol. The molecule has 0 saturated carbocycles. The van der Waals surface area contributed by atoms with Crippen molar-refractivity contribution >= 4 is 0 Å². The summed E-state index contributed by atoms with van der Waals surface area (Å²) in [4.78, 5) is 0. The first-order chi connectivity index (χ1) is 16.6. The molecular formula is C30H28O4. The Morgan fingerprint density at radius 2 is 1.06 bits per heavy atom. The average Bonchev–Trinajstić information content (AvgIpc) is 2.89. The highest BCUT2D eigenvalue weighted by Gasteiger charge is 2.06. The lowest BCUT2D eigenvalue weighted by Gasteiger charge is -2.07. The molecule has 34 heavy (non-hydrogen) atoms. The summed E-state index contributed by atoms with van der Waals surface area (Å²) in [5, 5.41) is 18.9. The van der Waals surface area contributed by atoms with E-state index in [4.69, 9.17) is 9.47 Å². The summed E-state index contributed by atoms with van der Waals surface area (Å²) in [5.74, 6) is 1.53. The van der Waals surface area contributed by atoms with Gasteiger partial charge in [-0.25, -0.2) is 0 Å². The minimum atomic E-state index is -0.0913. The van der Waals surface area contributed by atoms with E-state index in [2.05, 4.69) is 13.2 Å². The fourth-order valence-corrected chi connectivity index (χ4v) is 3.18. The van der Waals surface area contributed by atoms with Crippen LogP contribution in [-0.2, 0) is 0 Å². The highest BCUT2D eigenvalue weighted by Crippen LogP contribution is 2.35. The molecular weight excluding hydrogens is 424 g/mol. The summed E-state index contributed by atoms with van der Waals surface area (Å²) in [6.45, 7) is 8.30. The summed E-state index contributed by atoms with van der Waals surface area (Å²) in [6, 6.07) is 30.4. The van der Waals surface area contributed by atoms with E-state index in [1.165, 1.54) is 6.07 Å². The maximum Gasteiger partial charge on any atom is 0.165 e. The van der Waals surface area contributed by atoms with Gasteiger partial charge in [-0.3, -0.25) is 0 Å². The van der Waals surface area contributed by atoms with Crippen LogP contribution in [0.25, 0.3) is 22.3 Å². The normalized spacial score (nSPS) is 9.88. The predicted octanol–water partition coefficient (Wildman–Crippen LogP) is 7.25. The van der Waals surface area contributed by atoms with Crippen LogP contribution in [0, 0.1) is 0 Å². The zero-order valence-corrected chi connectivity index (χ0v) is 18.9. The lowest BCUT2D eigenvalue weighted by atomic mass is 10.0. The fraction of sp³-hybridized carbons (Fsp3) is 0.0667. The summed E-state index contributed by atoms with van der Waals surface area (Å²) < 4.78 is 10.9. The molecule has 0 aliphatic carbocycles. The number of phenolic OH excluding ortho intramolecular Hbond substituents is 2. The Labute approximate surface area is 200 Å². The van der Waals surface area contributed by atoms with E-state index >= 15 is 0 Å². The molecule has 4 aromatic carbocycles. The minimum absolute atomic E-state index is 0.0706. The fourth-order valence-electron chi connectivity index (χ4n) is 3.18. The summed E-state index contributed by atoms with van der Waals surface area (Å²) in [7, 11) is 0. The van der Waals surface area contributed by atoms with Crippen LogP contribution in [0.4, 0.5) is 0 Å². The first-order valence-corrected chi connectivity index (χ1v) is 10.9. The van der Waals surface area contributed by atoms with E-state index in [-0.39, 0.29) is 11.5 Å². The van der Waals surface area contributed by atoms with E-state index in [0.717, 1.165) is 28.2 Å². The van der Waals surface area contributed by atoms with Gasteiger partial charge >= 0.3 is 0 Å². The Hall–Kier alpha value is -4.44. The maximum absolute atomic E-state index is 9.60. The second-order valence-electron chi connectivity index (χ2n) is 7.29. The van der Waals surface area contributed by atoms with E-state index in [9.17, 15) is 10.2 Å². The molecule has 0 fully saturated rings. The number of aromatic hydroxyl groups is 2. The first kappa shape index (κ1) is 24.2.